The van der Waals surface area contributed by atoms with Crippen molar-refractivity contribution in [2.24, 2.45) is 5.73 Å². The predicted octanol–water partition coefficient (Wildman–Crippen LogP) is 0.751. The van der Waals surface area contributed by atoms with Crippen LogP contribution in [0.25, 0.3) is 0 Å². The molecule has 0 atom stereocenters. The average molecular weight is 205 g/mol. The Balaban J connectivity index is 2.29. The maximum atomic E-state index is 7.44. The Hall–Kier alpha value is -1.65. The highest BCUT2D eigenvalue weighted by Crippen LogP contribution is 2.19. The second-order valence-corrected chi connectivity index (χ2v) is 3.69. The van der Waals surface area contributed by atoms with Crippen LogP contribution < -0.4 is 10.6 Å². The van der Waals surface area contributed by atoms with Gasteiger partial charge in [0.05, 0.1) is 0 Å². The molecular weight excluding hydrogens is 190 g/mol. The van der Waals surface area contributed by atoms with Crippen LogP contribution in [0.5, 0.6) is 0 Å². The Bertz CT molecular complexity index is 357. The van der Waals surface area contributed by atoms with Crippen molar-refractivity contribution in [3.05, 3.63) is 18.1 Å². The smallest absolute Gasteiger partial charge is 0.158 e. The number of nitrogens with one attached hydrogen (secondary N) is 1. The summed E-state index contributed by atoms with van der Waals surface area (Å²) >= 11 is 0. The van der Waals surface area contributed by atoms with Crippen LogP contribution >= 0.6 is 0 Å². The number of anilines is 1. The van der Waals surface area contributed by atoms with Crippen LogP contribution in [-0.4, -0.2) is 28.9 Å². The maximum Gasteiger partial charge on any atom is 0.158 e. The maximum absolute atomic E-state index is 7.44. The Morgan fingerprint density at radius 2 is 1.87 bits per heavy atom. The molecule has 0 unspecified atom stereocenters. The standard InChI is InChI=1S/C10H15N5/c11-9(12)8-10(14-5-4-13-8)15-6-2-1-3-7-15/h4-5H,1-3,6-7H2,(H3,11,12). The van der Waals surface area contributed by atoms with E-state index in [1.807, 2.05) is 0 Å². The summed E-state index contributed by atoms with van der Waals surface area (Å²) in [5.74, 6) is 0.744. The Labute approximate surface area is 88.8 Å². The molecule has 1 saturated heterocycles. The minimum atomic E-state index is -0.0105. The number of piperidine rings is 1. The van der Waals surface area contributed by atoms with E-state index in [0.717, 1.165) is 18.9 Å². The highest BCUT2D eigenvalue weighted by Gasteiger charge is 2.17. The van der Waals surface area contributed by atoms with Gasteiger partial charge in [-0.15, -0.1) is 0 Å². The Kier molecular flexibility index (Phi) is 2.80. The lowest BCUT2D eigenvalue weighted by Crippen LogP contribution is -2.32. The molecule has 0 bridgehead atoms. The van der Waals surface area contributed by atoms with Gasteiger partial charge in [0.15, 0.2) is 5.82 Å². The summed E-state index contributed by atoms with van der Waals surface area (Å²) in [5.41, 5.74) is 5.97. The summed E-state index contributed by atoms with van der Waals surface area (Å²) in [7, 11) is 0. The van der Waals surface area contributed by atoms with E-state index in [2.05, 4.69) is 14.9 Å². The first-order valence-corrected chi connectivity index (χ1v) is 5.19. The molecule has 1 aromatic rings. The minimum absolute atomic E-state index is 0.0105. The SMILES string of the molecule is N=C(N)c1nccnc1N1CCCCC1. The molecule has 2 heterocycles. The molecule has 1 aliphatic heterocycles. The van der Waals surface area contributed by atoms with Crippen molar-refractivity contribution in [3.8, 4) is 0 Å². The van der Waals surface area contributed by atoms with E-state index in [1.54, 1.807) is 12.4 Å². The lowest BCUT2D eigenvalue weighted by molar-refractivity contribution is 0.572. The van der Waals surface area contributed by atoms with Gasteiger partial charge in [-0.25, -0.2) is 9.97 Å². The fourth-order valence-electron chi connectivity index (χ4n) is 1.86. The number of hydrogen-bond acceptors (Lipinski definition) is 4. The monoisotopic (exact) mass is 205 g/mol. The largest absolute Gasteiger partial charge is 0.382 e. The zero-order chi connectivity index (χ0) is 10.7. The topological polar surface area (TPSA) is 78.9 Å². The number of nitrogens with zero attached hydrogens (tertiary/aromatic N) is 3. The van der Waals surface area contributed by atoms with Crippen molar-refractivity contribution in [1.29, 1.82) is 5.41 Å². The molecule has 5 nitrogen and oxygen atoms in total. The fraction of sp³-hybridized carbons (Fsp3) is 0.500. The lowest BCUT2D eigenvalue weighted by Gasteiger charge is -2.28. The van der Waals surface area contributed by atoms with Gasteiger partial charge in [0.25, 0.3) is 0 Å². The van der Waals surface area contributed by atoms with E-state index in [-0.39, 0.29) is 5.84 Å². The van der Waals surface area contributed by atoms with E-state index in [4.69, 9.17) is 11.1 Å². The van der Waals surface area contributed by atoms with E-state index >= 15 is 0 Å². The molecule has 1 aliphatic rings. The van der Waals surface area contributed by atoms with Crippen LogP contribution in [0.4, 0.5) is 5.82 Å². The summed E-state index contributed by atoms with van der Waals surface area (Å²) in [6.45, 7) is 1.97. The normalized spacial score (nSPS) is 16.4. The molecule has 15 heavy (non-hydrogen) atoms. The van der Waals surface area contributed by atoms with Gasteiger partial charge in [0.2, 0.25) is 0 Å². The van der Waals surface area contributed by atoms with Crippen molar-refractivity contribution in [2.75, 3.05) is 18.0 Å². The van der Waals surface area contributed by atoms with Gasteiger partial charge in [0, 0.05) is 25.5 Å². The first kappa shape index (κ1) is 9.89. The third-order valence-corrected chi connectivity index (χ3v) is 2.59. The number of rotatable bonds is 2. The first-order valence-electron chi connectivity index (χ1n) is 5.19. The lowest BCUT2D eigenvalue weighted by atomic mass is 10.1. The first-order chi connectivity index (χ1) is 7.29. The molecule has 0 radical (unpaired) electrons. The van der Waals surface area contributed by atoms with E-state index in [9.17, 15) is 0 Å². The molecule has 5 heteroatoms. The summed E-state index contributed by atoms with van der Waals surface area (Å²) in [5, 5.41) is 7.44. The molecule has 0 aliphatic carbocycles. The minimum Gasteiger partial charge on any atom is -0.382 e. The third-order valence-electron chi connectivity index (χ3n) is 2.59. The summed E-state index contributed by atoms with van der Waals surface area (Å²) in [6.07, 6.45) is 6.84. The van der Waals surface area contributed by atoms with Crippen molar-refractivity contribution in [1.82, 2.24) is 9.97 Å². The van der Waals surface area contributed by atoms with Gasteiger partial charge < -0.3 is 10.6 Å². The zero-order valence-electron chi connectivity index (χ0n) is 8.61. The van der Waals surface area contributed by atoms with Crippen molar-refractivity contribution < 1.29 is 0 Å². The van der Waals surface area contributed by atoms with Crippen LogP contribution in [0.15, 0.2) is 12.4 Å². The molecule has 2 rings (SSSR count). The quantitative estimate of drug-likeness (QED) is 0.551. The predicted molar refractivity (Wildman–Crippen MR) is 59.1 cm³/mol. The fourth-order valence-corrected chi connectivity index (χ4v) is 1.86. The molecule has 1 aromatic heterocycles. The van der Waals surface area contributed by atoms with Crippen molar-refractivity contribution >= 4 is 11.7 Å². The highest BCUT2D eigenvalue weighted by atomic mass is 15.2. The number of nitrogens with two attached hydrogens (primary N) is 1. The second kappa shape index (κ2) is 4.25. The van der Waals surface area contributed by atoms with Crippen molar-refractivity contribution in [2.45, 2.75) is 19.3 Å². The zero-order valence-corrected chi connectivity index (χ0v) is 8.61. The number of hydrogen-bond donors (Lipinski definition) is 2. The van der Waals surface area contributed by atoms with E-state index < -0.39 is 0 Å². The highest BCUT2D eigenvalue weighted by molar-refractivity contribution is 5.97. The third kappa shape index (κ3) is 2.06. The van der Waals surface area contributed by atoms with Gasteiger partial charge in [-0.1, -0.05) is 0 Å². The Morgan fingerprint density at radius 1 is 1.20 bits per heavy atom. The molecule has 1 fully saturated rings. The van der Waals surface area contributed by atoms with Crippen LogP contribution in [0, 0.1) is 5.41 Å². The summed E-state index contributed by atoms with van der Waals surface area (Å²) < 4.78 is 0. The van der Waals surface area contributed by atoms with Gasteiger partial charge in [-0.2, -0.15) is 0 Å². The average Bonchev–Trinajstić information content (AvgIpc) is 2.30. The van der Waals surface area contributed by atoms with Crippen LogP contribution in [0.3, 0.4) is 0 Å². The van der Waals surface area contributed by atoms with Gasteiger partial charge in [0.1, 0.15) is 11.5 Å². The van der Waals surface area contributed by atoms with Crippen LogP contribution in [-0.2, 0) is 0 Å². The number of amidine groups is 1. The van der Waals surface area contributed by atoms with E-state index in [1.165, 1.54) is 19.3 Å². The molecule has 0 saturated carbocycles. The second-order valence-electron chi connectivity index (χ2n) is 3.69. The summed E-state index contributed by atoms with van der Waals surface area (Å²) in [6, 6.07) is 0. The number of nitrogen functional groups attached to an aromatic ring is 1. The molecule has 80 valence electrons. The summed E-state index contributed by atoms with van der Waals surface area (Å²) in [4.78, 5) is 10.5. The van der Waals surface area contributed by atoms with Gasteiger partial charge >= 0.3 is 0 Å². The molecule has 0 spiro atoms. The van der Waals surface area contributed by atoms with Gasteiger partial charge in [-0.3, -0.25) is 5.41 Å². The molecule has 0 amide bonds. The number of aromatic nitrogens is 2. The Morgan fingerprint density at radius 3 is 2.53 bits per heavy atom. The molecule has 0 aromatic carbocycles. The van der Waals surface area contributed by atoms with Gasteiger partial charge in [-0.05, 0) is 19.3 Å². The van der Waals surface area contributed by atoms with Crippen LogP contribution in [0.2, 0.25) is 0 Å². The molecular formula is C10H15N5. The van der Waals surface area contributed by atoms with Crippen molar-refractivity contribution in [3.63, 3.8) is 0 Å². The van der Waals surface area contributed by atoms with E-state index in [0.29, 0.717) is 5.69 Å². The van der Waals surface area contributed by atoms with Crippen LogP contribution in [0.1, 0.15) is 25.0 Å². The molecule has 3 N–H and O–H groups in total.